The van der Waals surface area contributed by atoms with Crippen LogP contribution in [0.5, 0.6) is 0 Å². The maximum atomic E-state index is 12.7. The number of carbonyl (C=O) groups excluding carboxylic acids is 2. The van der Waals surface area contributed by atoms with Gasteiger partial charge in [0, 0.05) is 12.8 Å². The third kappa shape index (κ3) is 46.3. The van der Waals surface area contributed by atoms with Crippen LogP contribution in [-0.2, 0) is 32.7 Å². The fourth-order valence-corrected chi connectivity index (χ4v) is 8.03. The van der Waals surface area contributed by atoms with E-state index in [9.17, 15) is 19.0 Å². The van der Waals surface area contributed by atoms with E-state index in [2.05, 4.69) is 26.0 Å². The van der Waals surface area contributed by atoms with Crippen LogP contribution in [0.15, 0.2) is 12.2 Å². The number of likely N-dealkylation sites (N-methyl/N-ethyl adjacent to an activating group) is 1. The number of phosphoric acid groups is 1. The van der Waals surface area contributed by atoms with Gasteiger partial charge >= 0.3 is 11.9 Å². The van der Waals surface area contributed by atoms with Crippen molar-refractivity contribution in [1.82, 2.24) is 0 Å². The normalized spacial score (nSPS) is 13.5. The van der Waals surface area contributed by atoms with E-state index in [1.807, 2.05) is 21.1 Å². The third-order valence-electron chi connectivity index (χ3n) is 11.3. The van der Waals surface area contributed by atoms with Crippen LogP contribution < -0.4 is 4.89 Å². The summed E-state index contributed by atoms with van der Waals surface area (Å²) in [6, 6.07) is 0. The second kappa shape index (κ2) is 43.0. The number of esters is 2. The van der Waals surface area contributed by atoms with Crippen molar-refractivity contribution in [3.63, 3.8) is 0 Å². The van der Waals surface area contributed by atoms with Gasteiger partial charge in [-0.25, -0.2) is 0 Å². The highest BCUT2D eigenvalue weighted by molar-refractivity contribution is 7.45. The van der Waals surface area contributed by atoms with Crippen LogP contribution in [0.4, 0.5) is 0 Å². The number of unbranched alkanes of at least 4 members (excludes halogenated alkanes) is 31. The lowest BCUT2D eigenvalue weighted by Crippen LogP contribution is -2.37. The zero-order valence-corrected chi connectivity index (χ0v) is 41.1. The summed E-state index contributed by atoms with van der Waals surface area (Å²) in [4.78, 5) is 37.7. The molecule has 0 aliphatic heterocycles. The Morgan fingerprint density at radius 1 is 0.500 bits per heavy atom. The lowest BCUT2D eigenvalue weighted by atomic mass is 10.0. The van der Waals surface area contributed by atoms with Crippen molar-refractivity contribution < 1.29 is 42.1 Å². The standard InChI is InChI=1S/C50H98NO8P/c1-6-8-10-12-14-16-18-20-22-23-24-25-26-27-29-30-32-34-36-38-40-42-49(52)56-46-48(47-58-60(54,55)57-45-44-51(3,4)5)59-50(53)43-41-39-37-35-33-31-28-21-19-17-15-13-11-9-7-2/h21,28,48H,6-20,22-27,29-47H2,1-5H3/b28-21-. The van der Waals surface area contributed by atoms with Crippen molar-refractivity contribution in [2.75, 3.05) is 47.5 Å². The first-order chi connectivity index (χ1) is 29.0. The van der Waals surface area contributed by atoms with Crippen LogP contribution in [0.1, 0.15) is 245 Å². The predicted molar refractivity (Wildman–Crippen MR) is 250 cm³/mol. The zero-order chi connectivity index (χ0) is 44.3. The van der Waals surface area contributed by atoms with Gasteiger partial charge in [-0.05, 0) is 38.5 Å². The van der Waals surface area contributed by atoms with Gasteiger partial charge in [0.15, 0.2) is 6.10 Å². The van der Waals surface area contributed by atoms with Crippen molar-refractivity contribution >= 4 is 19.8 Å². The summed E-state index contributed by atoms with van der Waals surface area (Å²) < 4.78 is 34.0. The average Bonchev–Trinajstić information content (AvgIpc) is 3.20. The van der Waals surface area contributed by atoms with E-state index in [1.165, 1.54) is 161 Å². The van der Waals surface area contributed by atoms with Gasteiger partial charge in [-0.1, -0.05) is 206 Å². The lowest BCUT2D eigenvalue weighted by Gasteiger charge is -2.28. The SMILES string of the molecule is CCCCCCCC/C=C\CCCCCCCC(=O)OC(COC(=O)CCCCCCCCCCCCCCCCCCCCCCC)COP(=O)([O-])OCC[N+](C)(C)C. The number of quaternary nitrogens is 1. The van der Waals surface area contributed by atoms with Gasteiger partial charge in [-0.2, -0.15) is 0 Å². The van der Waals surface area contributed by atoms with Crippen molar-refractivity contribution in [3.05, 3.63) is 12.2 Å². The highest BCUT2D eigenvalue weighted by Gasteiger charge is 2.21. The number of carbonyl (C=O) groups is 2. The molecule has 10 heteroatoms. The summed E-state index contributed by atoms with van der Waals surface area (Å²) in [6.07, 6.45) is 46.7. The smallest absolute Gasteiger partial charge is 0.306 e. The largest absolute Gasteiger partial charge is 0.756 e. The number of phosphoric ester groups is 1. The Labute approximate surface area is 371 Å². The first-order valence-corrected chi connectivity index (χ1v) is 26.9. The first-order valence-electron chi connectivity index (χ1n) is 25.4. The second-order valence-electron chi connectivity index (χ2n) is 18.5. The molecule has 0 aliphatic carbocycles. The number of rotatable bonds is 47. The van der Waals surface area contributed by atoms with Gasteiger partial charge in [0.05, 0.1) is 27.7 Å². The van der Waals surface area contributed by atoms with Crippen molar-refractivity contribution in [2.24, 2.45) is 0 Å². The molecule has 0 saturated heterocycles. The molecule has 0 bridgehead atoms. The maximum absolute atomic E-state index is 12.7. The van der Waals surface area contributed by atoms with E-state index < -0.39 is 26.5 Å². The Balaban J connectivity index is 4.20. The molecule has 0 aromatic heterocycles. The minimum atomic E-state index is -4.63. The Morgan fingerprint density at radius 2 is 0.850 bits per heavy atom. The number of nitrogens with zero attached hydrogens (tertiary/aromatic N) is 1. The molecule has 0 saturated carbocycles. The van der Waals surface area contributed by atoms with E-state index in [1.54, 1.807) is 0 Å². The molecule has 0 aromatic carbocycles. The van der Waals surface area contributed by atoms with Crippen LogP contribution in [0.2, 0.25) is 0 Å². The summed E-state index contributed by atoms with van der Waals surface area (Å²) in [6.45, 7) is 4.26. The van der Waals surface area contributed by atoms with Gasteiger partial charge in [0.1, 0.15) is 19.8 Å². The Kier molecular flexibility index (Phi) is 42.1. The minimum Gasteiger partial charge on any atom is -0.756 e. The van der Waals surface area contributed by atoms with Crippen LogP contribution in [0, 0.1) is 0 Å². The molecule has 0 aliphatic rings. The predicted octanol–water partition coefficient (Wildman–Crippen LogP) is 14.3. The van der Waals surface area contributed by atoms with E-state index in [-0.39, 0.29) is 32.0 Å². The molecule has 0 spiro atoms. The second-order valence-corrected chi connectivity index (χ2v) is 20.0. The van der Waals surface area contributed by atoms with Crippen molar-refractivity contribution in [2.45, 2.75) is 251 Å². The molecule has 0 amide bonds. The van der Waals surface area contributed by atoms with Crippen molar-refractivity contribution in [3.8, 4) is 0 Å². The quantitative estimate of drug-likeness (QED) is 0.0195. The highest BCUT2D eigenvalue weighted by atomic mass is 31.2. The molecule has 0 rings (SSSR count). The summed E-state index contributed by atoms with van der Waals surface area (Å²) >= 11 is 0. The minimum absolute atomic E-state index is 0.0291. The van der Waals surface area contributed by atoms with E-state index in [4.69, 9.17) is 18.5 Å². The molecule has 0 N–H and O–H groups in total. The topological polar surface area (TPSA) is 111 Å². The molecular weight excluding hydrogens is 774 g/mol. The zero-order valence-electron chi connectivity index (χ0n) is 40.2. The average molecular weight is 872 g/mol. The Bertz CT molecular complexity index is 1030. The molecule has 0 heterocycles. The first kappa shape index (κ1) is 58.8. The molecule has 356 valence electrons. The van der Waals surface area contributed by atoms with Crippen LogP contribution >= 0.6 is 7.82 Å². The van der Waals surface area contributed by atoms with Crippen LogP contribution in [0.25, 0.3) is 0 Å². The van der Waals surface area contributed by atoms with Gasteiger partial charge < -0.3 is 27.9 Å². The molecule has 60 heavy (non-hydrogen) atoms. The van der Waals surface area contributed by atoms with Gasteiger partial charge in [-0.3, -0.25) is 14.2 Å². The number of hydrogen-bond acceptors (Lipinski definition) is 8. The van der Waals surface area contributed by atoms with Crippen LogP contribution in [-0.4, -0.2) is 70.0 Å². The molecule has 0 fully saturated rings. The molecule has 0 radical (unpaired) electrons. The van der Waals surface area contributed by atoms with Crippen LogP contribution in [0.3, 0.4) is 0 Å². The molecular formula is C50H98NO8P. The molecule has 9 nitrogen and oxygen atoms in total. The highest BCUT2D eigenvalue weighted by Crippen LogP contribution is 2.38. The summed E-state index contributed by atoms with van der Waals surface area (Å²) in [5.74, 6) is -0.830. The van der Waals surface area contributed by atoms with Gasteiger partial charge in [0.2, 0.25) is 0 Å². The monoisotopic (exact) mass is 872 g/mol. The Morgan fingerprint density at radius 3 is 1.23 bits per heavy atom. The summed E-state index contributed by atoms with van der Waals surface area (Å²) in [5, 5.41) is 0. The van der Waals surface area contributed by atoms with Gasteiger partial charge in [-0.15, -0.1) is 0 Å². The molecule has 0 aromatic rings. The lowest BCUT2D eigenvalue weighted by molar-refractivity contribution is -0.870. The van der Waals surface area contributed by atoms with Crippen molar-refractivity contribution in [1.29, 1.82) is 0 Å². The summed E-state index contributed by atoms with van der Waals surface area (Å²) in [5.41, 5.74) is 0. The fraction of sp³-hybridized carbons (Fsp3) is 0.920. The summed E-state index contributed by atoms with van der Waals surface area (Å²) in [7, 11) is 1.17. The number of hydrogen-bond donors (Lipinski definition) is 0. The number of ether oxygens (including phenoxy) is 2. The van der Waals surface area contributed by atoms with E-state index in [0.717, 1.165) is 51.4 Å². The van der Waals surface area contributed by atoms with E-state index >= 15 is 0 Å². The molecule has 2 unspecified atom stereocenters. The third-order valence-corrected chi connectivity index (χ3v) is 12.2. The fourth-order valence-electron chi connectivity index (χ4n) is 7.30. The maximum Gasteiger partial charge on any atom is 0.306 e. The number of allylic oxidation sites excluding steroid dienone is 2. The van der Waals surface area contributed by atoms with Gasteiger partial charge in [0.25, 0.3) is 7.82 Å². The van der Waals surface area contributed by atoms with E-state index in [0.29, 0.717) is 17.4 Å². The Hall–Kier alpha value is -1.25. The molecule has 2 atom stereocenters.